The average molecular weight is 362 g/mol. The van der Waals surface area contributed by atoms with Crippen LogP contribution in [0.3, 0.4) is 0 Å². The molecular formula is C19H26N2O3S. The van der Waals surface area contributed by atoms with Gasteiger partial charge in [-0.2, -0.15) is 0 Å². The number of nitrogens with zero attached hydrogens (tertiary/aromatic N) is 2. The first kappa shape index (κ1) is 18.1. The first-order valence-corrected chi connectivity index (χ1v) is 9.93. The number of carbonyl (C=O) groups excluding carboxylic acids is 1. The standard InChI is InChI=1S/C19H26N2O3S/c1-3-25-16-7-5-4-6-15(16)17(22)21(13-19(2)9-10-19)14-8-11-20(12-14)18(23)24/h4-7,14H,3,8-13H2,1-2H3,(H,23,24)/t14-/m0/s1. The third-order valence-corrected chi connectivity index (χ3v) is 6.16. The van der Waals surface area contributed by atoms with Crippen LogP contribution in [0.2, 0.25) is 0 Å². The molecular weight excluding hydrogens is 336 g/mol. The Balaban J connectivity index is 1.84. The van der Waals surface area contributed by atoms with E-state index in [0.29, 0.717) is 13.1 Å². The third kappa shape index (κ3) is 4.11. The molecule has 6 heteroatoms. The highest BCUT2D eigenvalue weighted by Gasteiger charge is 2.43. The molecule has 3 rings (SSSR count). The summed E-state index contributed by atoms with van der Waals surface area (Å²) in [7, 11) is 0. The second-order valence-corrected chi connectivity index (χ2v) is 8.65. The first-order valence-electron chi connectivity index (χ1n) is 8.94. The van der Waals surface area contributed by atoms with Crippen molar-refractivity contribution in [3.63, 3.8) is 0 Å². The number of hydrogen-bond donors (Lipinski definition) is 1. The van der Waals surface area contributed by atoms with Crippen molar-refractivity contribution in [2.75, 3.05) is 25.4 Å². The zero-order valence-corrected chi connectivity index (χ0v) is 15.7. The van der Waals surface area contributed by atoms with E-state index >= 15 is 0 Å². The number of carbonyl (C=O) groups is 2. The number of amides is 2. The van der Waals surface area contributed by atoms with Crippen molar-refractivity contribution in [3.8, 4) is 0 Å². The fourth-order valence-electron chi connectivity index (χ4n) is 3.40. The smallest absolute Gasteiger partial charge is 0.407 e. The lowest BCUT2D eigenvalue weighted by Crippen LogP contribution is -2.45. The second-order valence-electron chi connectivity index (χ2n) is 7.34. The van der Waals surface area contributed by atoms with Crippen LogP contribution in [-0.2, 0) is 0 Å². The van der Waals surface area contributed by atoms with Crippen LogP contribution in [0.5, 0.6) is 0 Å². The maximum Gasteiger partial charge on any atom is 0.407 e. The molecule has 1 aliphatic carbocycles. The van der Waals surface area contributed by atoms with Crippen molar-refractivity contribution in [2.24, 2.45) is 5.41 Å². The summed E-state index contributed by atoms with van der Waals surface area (Å²) >= 11 is 1.68. The summed E-state index contributed by atoms with van der Waals surface area (Å²) in [6, 6.07) is 7.73. The number of likely N-dealkylation sites (tertiary alicyclic amines) is 1. The minimum absolute atomic E-state index is 0.0271. The molecule has 1 aliphatic heterocycles. The predicted molar refractivity (Wildman–Crippen MR) is 99.2 cm³/mol. The van der Waals surface area contributed by atoms with Gasteiger partial charge in [-0.25, -0.2) is 4.79 Å². The largest absolute Gasteiger partial charge is 0.465 e. The van der Waals surface area contributed by atoms with Gasteiger partial charge in [0.2, 0.25) is 0 Å². The SMILES string of the molecule is CCSc1ccccc1C(=O)N(CC1(C)CC1)[C@H]1CCN(C(=O)O)C1. The van der Waals surface area contributed by atoms with E-state index in [9.17, 15) is 14.7 Å². The molecule has 136 valence electrons. The summed E-state index contributed by atoms with van der Waals surface area (Å²) < 4.78 is 0. The lowest BCUT2D eigenvalue weighted by atomic mass is 10.1. The Hall–Kier alpha value is -1.69. The molecule has 1 saturated carbocycles. The quantitative estimate of drug-likeness (QED) is 0.782. The predicted octanol–water partition coefficient (Wildman–Crippen LogP) is 3.79. The van der Waals surface area contributed by atoms with E-state index in [2.05, 4.69) is 13.8 Å². The van der Waals surface area contributed by atoms with Crippen LogP contribution in [0.4, 0.5) is 4.79 Å². The molecule has 1 aromatic carbocycles. The minimum atomic E-state index is -0.894. The lowest BCUT2D eigenvalue weighted by Gasteiger charge is -2.32. The molecule has 0 spiro atoms. The lowest BCUT2D eigenvalue weighted by molar-refractivity contribution is 0.0634. The molecule has 5 nitrogen and oxygen atoms in total. The van der Waals surface area contributed by atoms with Crippen molar-refractivity contribution in [1.82, 2.24) is 9.80 Å². The average Bonchev–Trinajstić information content (AvgIpc) is 3.12. The monoisotopic (exact) mass is 362 g/mol. The highest BCUT2D eigenvalue weighted by molar-refractivity contribution is 7.99. The zero-order chi connectivity index (χ0) is 18.0. The molecule has 0 radical (unpaired) electrons. The van der Waals surface area contributed by atoms with Gasteiger partial charge in [-0.3, -0.25) is 4.79 Å². The van der Waals surface area contributed by atoms with Gasteiger partial charge >= 0.3 is 6.09 Å². The van der Waals surface area contributed by atoms with Gasteiger partial charge in [0, 0.05) is 24.5 Å². The number of thioether (sulfide) groups is 1. The van der Waals surface area contributed by atoms with Crippen molar-refractivity contribution in [3.05, 3.63) is 29.8 Å². The summed E-state index contributed by atoms with van der Waals surface area (Å²) in [6.45, 7) is 5.93. The molecule has 0 bridgehead atoms. The minimum Gasteiger partial charge on any atom is -0.465 e. The Morgan fingerprint density at radius 1 is 1.36 bits per heavy atom. The summed E-state index contributed by atoms with van der Waals surface area (Å²) in [4.78, 5) is 29.0. The maximum atomic E-state index is 13.4. The van der Waals surface area contributed by atoms with Crippen molar-refractivity contribution < 1.29 is 14.7 Å². The first-order chi connectivity index (χ1) is 11.9. The Kier molecular flexibility index (Phi) is 5.27. The van der Waals surface area contributed by atoms with Gasteiger partial charge in [0.15, 0.2) is 0 Å². The van der Waals surface area contributed by atoms with Crippen LogP contribution in [0.15, 0.2) is 29.2 Å². The molecule has 1 heterocycles. The van der Waals surface area contributed by atoms with Crippen molar-refractivity contribution >= 4 is 23.8 Å². The summed E-state index contributed by atoms with van der Waals surface area (Å²) in [5, 5.41) is 9.25. The number of benzene rings is 1. The van der Waals surface area contributed by atoms with Crippen molar-refractivity contribution in [2.45, 2.75) is 44.0 Å². The normalized spacial score (nSPS) is 21.2. The van der Waals surface area contributed by atoms with E-state index in [1.54, 1.807) is 11.8 Å². The van der Waals surface area contributed by atoms with Crippen LogP contribution < -0.4 is 0 Å². The van der Waals surface area contributed by atoms with E-state index in [4.69, 9.17) is 0 Å². The highest BCUT2D eigenvalue weighted by atomic mass is 32.2. The Morgan fingerprint density at radius 2 is 2.08 bits per heavy atom. The van der Waals surface area contributed by atoms with Gasteiger partial charge in [0.25, 0.3) is 5.91 Å². The molecule has 0 unspecified atom stereocenters. The Bertz CT molecular complexity index is 660. The van der Waals surface area contributed by atoms with Crippen LogP contribution in [0.25, 0.3) is 0 Å². The van der Waals surface area contributed by atoms with E-state index in [0.717, 1.165) is 42.0 Å². The van der Waals surface area contributed by atoms with Gasteiger partial charge in [-0.05, 0) is 42.6 Å². The fraction of sp³-hybridized carbons (Fsp3) is 0.579. The molecule has 2 aliphatic rings. The van der Waals surface area contributed by atoms with Gasteiger partial charge < -0.3 is 14.9 Å². The topological polar surface area (TPSA) is 60.9 Å². The maximum absolute atomic E-state index is 13.4. The molecule has 25 heavy (non-hydrogen) atoms. The van der Waals surface area contributed by atoms with Gasteiger partial charge in [0.05, 0.1) is 11.6 Å². The summed E-state index contributed by atoms with van der Waals surface area (Å²) in [6.07, 6.45) is 2.10. The van der Waals surface area contributed by atoms with Crippen LogP contribution in [-0.4, -0.2) is 58.3 Å². The van der Waals surface area contributed by atoms with E-state index in [1.807, 2.05) is 29.2 Å². The van der Waals surface area contributed by atoms with Gasteiger partial charge in [-0.1, -0.05) is 26.0 Å². The van der Waals surface area contributed by atoms with Crippen LogP contribution in [0.1, 0.15) is 43.5 Å². The van der Waals surface area contributed by atoms with E-state index in [1.165, 1.54) is 4.90 Å². The van der Waals surface area contributed by atoms with Crippen LogP contribution >= 0.6 is 11.8 Å². The molecule has 2 amide bonds. The summed E-state index contributed by atoms with van der Waals surface area (Å²) in [5.41, 5.74) is 0.937. The second kappa shape index (κ2) is 7.28. The zero-order valence-electron chi connectivity index (χ0n) is 14.9. The van der Waals surface area contributed by atoms with E-state index in [-0.39, 0.29) is 17.4 Å². The Labute approximate surface area is 153 Å². The van der Waals surface area contributed by atoms with Crippen molar-refractivity contribution in [1.29, 1.82) is 0 Å². The Morgan fingerprint density at radius 3 is 2.68 bits per heavy atom. The molecule has 0 aromatic heterocycles. The van der Waals surface area contributed by atoms with Gasteiger partial charge in [-0.15, -0.1) is 11.8 Å². The highest BCUT2D eigenvalue weighted by Crippen LogP contribution is 2.46. The number of rotatable bonds is 6. The number of hydrogen-bond acceptors (Lipinski definition) is 3. The number of carboxylic acid groups (broad SMARTS) is 1. The molecule has 1 atom stereocenters. The molecule has 2 fully saturated rings. The van der Waals surface area contributed by atoms with Gasteiger partial charge in [0.1, 0.15) is 0 Å². The molecule has 1 saturated heterocycles. The summed E-state index contributed by atoms with van der Waals surface area (Å²) in [5.74, 6) is 0.958. The fourth-order valence-corrected chi connectivity index (χ4v) is 4.20. The van der Waals surface area contributed by atoms with Crippen LogP contribution in [0, 0.1) is 5.41 Å². The molecule has 1 N–H and O–H groups in total. The molecule has 1 aromatic rings. The van der Waals surface area contributed by atoms with E-state index < -0.39 is 6.09 Å². The third-order valence-electron chi connectivity index (χ3n) is 5.21.